The van der Waals surface area contributed by atoms with Gasteiger partial charge in [0.15, 0.2) is 5.13 Å². The molecule has 1 amide bonds. The standard InChI is InChI=1S/C28H23N3O2S/c1-2-20-13-14-25-26(16-20)34-28(30-25)31(19-21-8-7-15-29-18-21)27(32)22-9-6-12-24(17-22)33-23-10-4-3-5-11-23/h3-18H,2,19H2,1H3. The number of anilines is 1. The Morgan fingerprint density at radius 1 is 0.912 bits per heavy atom. The molecule has 0 saturated heterocycles. The van der Waals surface area contributed by atoms with Crippen LogP contribution in [0.4, 0.5) is 5.13 Å². The molecule has 0 N–H and O–H groups in total. The zero-order chi connectivity index (χ0) is 23.3. The van der Waals surface area contributed by atoms with E-state index in [0.29, 0.717) is 23.0 Å². The molecule has 34 heavy (non-hydrogen) atoms. The summed E-state index contributed by atoms with van der Waals surface area (Å²) in [6.07, 6.45) is 4.46. The third-order valence-electron chi connectivity index (χ3n) is 5.45. The molecule has 168 valence electrons. The van der Waals surface area contributed by atoms with Gasteiger partial charge in [0.25, 0.3) is 5.91 Å². The van der Waals surface area contributed by atoms with Crippen LogP contribution in [-0.4, -0.2) is 15.9 Å². The molecule has 0 aliphatic carbocycles. The monoisotopic (exact) mass is 465 g/mol. The molecule has 5 rings (SSSR count). The molecule has 5 nitrogen and oxygen atoms in total. The highest BCUT2D eigenvalue weighted by Crippen LogP contribution is 2.32. The maximum Gasteiger partial charge on any atom is 0.260 e. The molecule has 0 aliphatic rings. The van der Waals surface area contributed by atoms with Crippen molar-refractivity contribution in [1.29, 1.82) is 0 Å². The Hall–Kier alpha value is -4.03. The fraction of sp³-hybridized carbons (Fsp3) is 0.107. The number of hydrogen-bond acceptors (Lipinski definition) is 5. The van der Waals surface area contributed by atoms with Gasteiger partial charge in [0.2, 0.25) is 0 Å². The number of benzene rings is 3. The van der Waals surface area contributed by atoms with Crippen LogP contribution >= 0.6 is 11.3 Å². The minimum atomic E-state index is -0.142. The zero-order valence-corrected chi connectivity index (χ0v) is 19.5. The quantitative estimate of drug-likeness (QED) is 0.262. The van der Waals surface area contributed by atoms with Gasteiger partial charge in [-0.1, -0.05) is 54.7 Å². The van der Waals surface area contributed by atoms with Crippen LogP contribution in [0.5, 0.6) is 11.5 Å². The highest BCUT2D eigenvalue weighted by atomic mass is 32.1. The van der Waals surface area contributed by atoms with E-state index in [1.807, 2.05) is 60.7 Å². The second-order valence-corrected chi connectivity index (χ2v) is 8.86. The Balaban J connectivity index is 1.50. The summed E-state index contributed by atoms with van der Waals surface area (Å²) in [4.78, 5) is 24.5. The molecule has 0 atom stereocenters. The number of para-hydroxylation sites is 1. The van der Waals surface area contributed by atoms with Crippen LogP contribution in [-0.2, 0) is 13.0 Å². The van der Waals surface area contributed by atoms with Gasteiger partial charge in [-0.05, 0) is 66.1 Å². The number of carbonyl (C=O) groups excluding carboxylic acids is 1. The van der Waals surface area contributed by atoms with Crippen molar-refractivity contribution in [2.45, 2.75) is 19.9 Å². The van der Waals surface area contributed by atoms with E-state index in [9.17, 15) is 4.79 Å². The normalized spacial score (nSPS) is 10.9. The SMILES string of the molecule is CCc1ccc2nc(N(Cc3cccnc3)C(=O)c3cccc(Oc4ccccc4)c3)sc2c1. The molecule has 0 bridgehead atoms. The Morgan fingerprint density at radius 2 is 1.76 bits per heavy atom. The average molecular weight is 466 g/mol. The first kappa shape index (κ1) is 21.8. The smallest absolute Gasteiger partial charge is 0.260 e. The van der Waals surface area contributed by atoms with Gasteiger partial charge < -0.3 is 4.74 Å². The number of fused-ring (bicyclic) bond motifs is 1. The van der Waals surface area contributed by atoms with Crippen LogP contribution in [0.1, 0.15) is 28.4 Å². The highest BCUT2D eigenvalue weighted by Gasteiger charge is 2.22. The number of nitrogens with zero attached hydrogens (tertiary/aromatic N) is 3. The minimum absolute atomic E-state index is 0.142. The van der Waals surface area contributed by atoms with Crippen LogP contribution in [0, 0.1) is 0 Å². The predicted molar refractivity (Wildman–Crippen MR) is 137 cm³/mol. The van der Waals surface area contributed by atoms with E-state index in [1.165, 1.54) is 16.9 Å². The van der Waals surface area contributed by atoms with E-state index in [-0.39, 0.29) is 5.91 Å². The summed E-state index contributed by atoms with van der Waals surface area (Å²) >= 11 is 1.53. The number of thiazole rings is 1. The summed E-state index contributed by atoms with van der Waals surface area (Å²) in [6.45, 7) is 2.50. The number of aryl methyl sites for hydroxylation is 1. The van der Waals surface area contributed by atoms with E-state index in [0.717, 1.165) is 28.0 Å². The van der Waals surface area contributed by atoms with E-state index in [2.05, 4.69) is 24.0 Å². The molecule has 0 spiro atoms. The number of carbonyl (C=O) groups is 1. The molecule has 6 heteroatoms. The van der Waals surface area contributed by atoms with Crippen LogP contribution in [0.25, 0.3) is 10.2 Å². The molecule has 0 unspecified atom stereocenters. The third-order valence-corrected chi connectivity index (χ3v) is 6.49. The minimum Gasteiger partial charge on any atom is -0.457 e. The first-order valence-corrected chi connectivity index (χ1v) is 11.9. The van der Waals surface area contributed by atoms with Gasteiger partial charge >= 0.3 is 0 Å². The molecular weight excluding hydrogens is 442 g/mol. The van der Waals surface area contributed by atoms with Crippen molar-refractivity contribution in [3.63, 3.8) is 0 Å². The first-order valence-electron chi connectivity index (χ1n) is 11.1. The van der Waals surface area contributed by atoms with Crippen molar-refractivity contribution in [3.8, 4) is 11.5 Å². The van der Waals surface area contributed by atoms with Gasteiger partial charge in [-0.15, -0.1) is 0 Å². The molecule has 0 saturated carbocycles. The van der Waals surface area contributed by atoms with Crippen LogP contribution in [0.3, 0.4) is 0 Å². The third kappa shape index (κ3) is 4.82. The van der Waals surface area contributed by atoms with Gasteiger partial charge in [0.1, 0.15) is 11.5 Å². The van der Waals surface area contributed by atoms with E-state index in [1.54, 1.807) is 29.4 Å². The summed E-state index contributed by atoms with van der Waals surface area (Å²) in [5.74, 6) is 1.18. The largest absolute Gasteiger partial charge is 0.457 e. The summed E-state index contributed by atoms with van der Waals surface area (Å²) < 4.78 is 7.02. The first-order chi connectivity index (χ1) is 16.7. The predicted octanol–water partition coefficient (Wildman–Crippen LogP) is 6.89. The highest BCUT2D eigenvalue weighted by molar-refractivity contribution is 7.22. The molecule has 3 aromatic carbocycles. The zero-order valence-electron chi connectivity index (χ0n) is 18.7. The fourth-order valence-corrected chi connectivity index (χ4v) is 4.69. The lowest BCUT2D eigenvalue weighted by Crippen LogP contribution is -2.30. The summed E-state index contributed by atoms with van der Waals surface area (Å²) in [5.41, 5.74) is 3.60. The maximum atomic E-state index is 13.8. The van der Waals surface area contributed by atoms with Gasteiger partial charge in [0, 0.05) is 18.0 Å². The number of aromatic nitrogens is 2. The lowest BCUT2D eigenvalue weighted by Gasteiger charge is -2.20. The number of hydrogen-bond donors (Lipinski definition) is 0. The van der Waals surface area contributed by atoms with Crippen molar-refractivity contribution in [2.24, 2.45) is 0 Å². The number of pyridine rings is 1. The Labute approximate surface area is 202 Å². The number of amides is 1. The number of rotatable bonds is 7. The number of ether oxygens (including phenoxy) is 1. The van der Waals surface area contributed by atoms with Gasteiger partial charge in [-0.3, -0.25) is 14.7 Å². The topological polar surface area (TPSA) is 55.3 Å². The molecule has 5 aromatic rings. The lowest BCUT2D eigenvalue weighted by atomic mass is 10.1. The lowest BCUT2D eigenvalue weighted by molar-refractivity contribution is 0.0985. The van der Waals surface area contributed by atoms with Crippen molar-refractivity contribution < 1.29 is 9.53 Å². The molecule has 0 fully saturated rings. The second-order valence-electron chi connectivity index (χ2n) is 7.85. The van der Waals surface area contributed by atoms with E-state index < -0.39 is 0 Å². The molecule has 0 radical (unpaired) electrons. The molecule has 2 aromatic heterocycles. The van der Waals surface area contributed by atoms with E-state index in [4.69, 9.17) is 9.72 Å². The van der Waals surface area contributed by atoms with Crippen LogP contribution in [0.2, 0.25) is 0 Å². The van der Waals surface area contributed by atoms with Crippen LogP contribution in [0.15, 0.2) is 97.3 Å². The summed E-state index contributed by atoms with van der Waals surface area (Å²) in [6, 6.07) is 26.9. The summed E-state index contributed by atoms with van der Waals surface area (Å²) in [5, 5.41) is 0.659. The van der Waals surface area contributed by atoms with Crippen LogP contribution < -0.4 is 9.64 Å². The van der Waals surface area contributed by atoms with Gasteiger partial charge in [-0.2, -0.15) is 0 Å². The molecule has 2 heterocycles. The fourth-order valence-electron chi connectivity index (χ4n) is 3.67. The second kappa shape index (κ2) is 9.85. The average Bonchev–Trinajstić information content (AvgIpc) is 3.31. The van der Waals surface area contributed by atoms with Crippen molar-refractivity contribution in [3.05, 3.63) is 114 Å². The van der Waals surface area contributed by atoms with Crippen molar-refractivity contribution >= 4 is 32.6 Å². The van der Waals surface area contributed by atoms with Crippen molar-refractivity contribution in [1.82, 2.24) is 9.97 Å². The van der Waals surface area contributed by atoms with Gasteiger partial charge in [0.05, 0.1) is 16.8 Å². The Bertz CT molecular complexity index is 1420. The van der Waals surface area contributed by atoms with Crippen molar-refractivity contribution in [2.75, 3.05) is 4.90 Å². The molecular formula is C28H23N3O2S. The maximum absolute atomic E-state index is 13.8. The Morgan fingerprint density at radius 3 is 2.56 bits per heavy atom. The van der Waals surface area contributed by atoms with E-state index >= 15 is 0 Å². The Kier molecular flexibility index (Phi) is 6.31. The van der Waals surface area contributed by atoms with Gasteiger partial charge in [-0.25, -0.2) is 4.98 Å². The molecule has 0 aliphatic heterocycles. The summed E-state index contributed by atoms with van der Waals surface area (Å²) in [7, 11) is 0.